The van der Waals surface area contributed by atoms with Gasteiger partial charge < -0.3 is 10.2 Å². The maximum atomic E-state index is 12.2. The molecule has 0 unspecified atom stereocenters. The molecule has 0 spiro atoms. The van der Waals surface area contributed by atoms with Gasteiger partial charge in [-0.1, -0.05) is 0 Å². The first-order valence-corrected chi connectivity index (χ1v) is 7.07. The average Bonchev–Trinajstić information content (AvgIpc) is 3.13. The molecule has 2 rings (SSSR count). The van der Waals surface area contributed by atoms with Crippen molar-refractivity contribution in [2.75, 3.05) is 19.4 Å². The van der Waals surface area contributed by atoms with Gasteiger partial charge in [-0.15, -0.1) is 0 Å². The lowest BCUT2D eigenvalue weighted by Gasteiger charge is -2.13. The Morgan fingerprint density at radius 1 is 1.33 bits per heavy atom. The molecule has 128 valence electrons. The van der Waals surface area contributed by atoms with Crippen LogP contribution in [0.3, 0.4) is 0 Å². The zero-order chi connectivity index (χ0) is 17.9. The van der Waals surface area contributed by atoms with Crippen LogP contribution in [0.15, 0.2) is 18.6 Å². The van der Waals surface area contributed by atoms with E-state index in [1.165, 1.54) is 15.8 Å². The Labute approximate surface area is 137 Å². The van der Waals surface area contributed by atoms with E-state index in [0.29, 0.717) is 6.54 Å². The van der Waals surface area contributed by atoms with Crippen molar-refractivity contribution < 1.29 is 14.5 Å². The Hall–Kier alpha value is -3.24. The molecule has 2 heterocycles. The summed E-state index contributed by atoms with van der Waals surface area (Å²) < 4.78 is 2.63. The van der Waals surface area contributed by atoms with Gasteiger partial charge in [0, 0.05) is 20.6 Å². The molecule has 11 heteroatoms. The molecular formula is C13H17N7O4. The van der Waals surface area contributed by atoms with Crippen LogP contribution < -0.4 is 5.32 Å². The van der Waals surface area contributed by atoms with Crippen molar-refractivity contribution in [1.82, 2.24) is 24.5 Å². The molecule has 0 aliphatic carbocycles. The van der Waals surface area contributed by atoms with E-state index < -0.39 is 10.8 Å². The van der Waals surface area contributed by atoms with Crippen molar-refractivity contribution >= 4 is 23.2 Å². The van der Waals surface area contributed by atoms with Crippen molar-refractivity contribution in [3.8, 4) is 0 Å². The summed E-state index contributed by atoms with van der Waals surface area (Å²) >= 11 is 0. The standard InChI is InChI=1S/C13H17N7O4/c1-4-19-12(13(22)17(2)3)10(6-15-19)16-11(21)8-18-7-9(5-14-18)20(23)24/h5-7H,4,8H2,1-3H3,(H,16,21). The number of nitro groups is 1. The number of nitrogens with zero attached hydrogens (tertiary/aromatic N) is 6. The zero-order valence-corrected chi connectivity index (χ0v) is 13.5. The average molecular weight is 335 g/mol. The third-order valence-corrected chi connectivity index (χ3v) is 3.16. The van der Waals surface area contributed by atoms with Gasteiger partial charge in [-0.3, -0.25) is 29.1 Å². The molecule has 0 saturated carbocycles. The minimum Gasteiger partial charge on any atom is -0.343 e. The van der Waals surface area contributed by atoms with E-state index in [2.05, 4.69) is 15.5 Å². The van der Waals surface area contributed by atoms with Crippen molar-refractivity contribution in [1.29, 1.82) is 0 Å². The first-order valence-electron chi connectivity index (χ1n) is 7.07. The van der Waals surface area contributed by atoms with E-state index >= 15 is 0 Å². The van der Waals surface area contributed by atoms with E-state index in [1.807, 2.05) is 6.92 Å². The highest BCUT2D eigenvalue weighted by molar-refractivity contribution is 6.02. The summed E-state index contributed by atoms with van der Waals surface area (Å²) in [6.45, 7) is 2.07. The van der Waals surface area contributed by atoms with Gasteiger partial charge in [-0.25, -0.2) is 0 Å². The van der Waals surface area contributed by atoms with Crippen LogP contribution in [0, 0.1) is 10.1 Å². The second-order valence-corrected chi connectivity index (χ2v) is 5.12. The Kier molecular flexibility index (Phi) is 4.92. The van der Waals surface area contributed by atoms with Gasteiger partial charge in [0.2, 0.25) is 5.91 Å². The number of anilines is 1. The molecule has 0 saturated heterocycles. The quantitative estimate of drug-likeness (QED) is 0.599. The molecule has 2 aromatic heterocycles. The highest BCUT2D eigenvalue weighted by Gasteiger charge is 2.21. The van der Waals surface area contributed by atoms with Gasteiger partial charge in [0.15, 0.2) is 0 Å². The van der Waals surface area contributed by atoms with E-state index in [1.54, 1.807) is 14.1 Å². The first kappa shape index (κ1) is 17.1. The lowest BCUT2D eigenvalue weighted by Crippen LogP contribution is -2.27. The number of hydrogen-bond donors (Lipinski definition) is 1. The van der Waals surface area contributed by atoms with E-state index in [4.69, 9.17) is 0 Å². The molecule has 0 atom stereocenters. The summed E-state index contributed by atoms with van der Waals surface area (Å²) in [7, 11) is 3.20. The number of hydrogen-bond acceptors (Lipinski definition) is 6. The number of carbonyl (C=O) groups excluding carboxylic acids is 2. The monoisotopic (exact) mass is 335 g/mol. The Morgan fingerprint density at radius 2 is 2.04 bits per heavy atom. The lowest BCUT2D eigenvalue weighted by atomic mass is 10.3. The highest BCUT2D eigenvalue weighted by atomic mass is 16.6. The molecule has 0 aromatic carbocycles. The minimum absolute atomic E-state index is 0.204. The Bertz CT molecular complexity index is 777. The zero-order valence-electron chi connectivity index (χ0n) is 13.5. The van der Waals surface area contributed by atoms with Gasteiger partial charge in [0.05, 0.1) is 16.8 Å². The number of aromatic nitrogens is 4. The SMILES string of the molecule is CCn1ncc(NC(=O)Cn2cc([N+](=O)[O-])cn2)c1C(=O)N(C)C. The second-order valence-electron chi connectivity index (χ2n) is 5.12. The largest absolute Gasteiger partial charge is 0.343 e. The molecule has 0 aliphatic rings. The Morgan fingerprint density at radius 3 is 2.58 bits per heavy atom. The minimum atomic E-state index is -0.597. The molecule has 24 heavy (non-hydrogen) atoms. The van der Waals surface area contributed by atoms with Crippen LogP contribution in [0.4, 0.5) is 11.4 Å². The molecule has 2 amide bonds. The second kappa shape index (κ2) is 6.89. The van der Waals surface area contributed by atoms with Gasteiger partial charge in [-0.05, 0) is 6.92 Å². The molecule has 0 bridgehead atoms. The first-order chi connectivity index (χ1) is 11.3. The van der Waals surface area contributed by atoms with Crippen LogP contribution in [-0.4, -0.2) is 55.3 Å². The summed E-state index contributed by atoms with van der Waals surface area (Å²) in [5.74, 6) is -0.768. The molecule has 11 nitrogen and oxygen atoms in total. The fourth-order valence-corrected chi connectivity index (χ4v) is 2.02. The number of nitrogens with one attached hydrogen (secondary N) is 1. The predicted octanol–water partition coefficient (Wildman–Crippen LogP) is 0.348. The third kappa shape index (κ3) is 3.56. The van der Waals surface area contributed by atoms with Gasteiger partial charge in [0.1, 0.15) is 24.6 Å². The van der Waals surface area contributed by atoms with Crippen molar-refractivity contribution in [2.24, 2.45) is 0 Å². The maximum Gasteiger partial charge on any atom is 0.307 e. The Balaban J connectivity index is 2.15. The number of amides is 2. The lowest BCUT2D eigenvalue weighted by molar-refractivity contribution is -0.385. The topological polar surface area (TPSA) is 128 Å². The predicted molar refractivity (Wildman–Crippen MR) is 83.4 cm³/mol. The van der Waals surface area contributed by atoms with E-state index in [0.717, 1.165) is 17.1 Å². The van der Waals surface area contributed by atoms with Gasteiger partial charge >= 0.3 is 5.69 Å². The number of rotatable bonds is 6. The molecule has 2 aromatic rings. The van der Waals surface area contributed by atoms with Crippen LogP contribution in [0.5, 0.6) is 0 Å². The van der Waals surface area contributed by atoms with Crippen molar-refractivity contribution in [2.45, 2.75) is 20.0 Å². The molecule has 0 fully saturated rings. The summed E-state index contributed by atoms with van der Waals surface area (Å²) in [5.41, 5.74) is 0.342. The smallest absolute Gasteiger partial charge is 0.307 e. The van der Waals surface area contributed by atoms with Crippen LogP contribution in [0.25, 0.3) is 0 Å². The molecule has 0 aliphatic heterocycles. The summed E-state index contributed by atoms with van der Waals surface area (Å²) in [6, 6.07) is 0. The summed E-state index contributed by atoms with van der Waals surface area (Å²) in [4.78, 5) is 35.7. The van der Waals surface area contributed by atoms with Crippen LogP contribution in [0.1, 0.15) is 17.4 Å². The molecule has 1 N–H and O–H groups in total. The fraction of sp³-hybridized carbons (Fsp3) is 0.385. The van der Waals surface area contributed by atoms with Crippen LogP contribution in [-0.2, 0) is 17.9 Å². The normalized spacial score (nSPS) is 10.5. The van der Waals surface area contributed by atoms with E-state index in [-0.39, 0.29) is 29.5 Å². The molecular weight excluding hydrogens is 318 g/mol. The van der Waals surface area contributed by atoms with Crippen molar-refractivity contribution in [3.63, 3.8) is 0 Å². The van der Waals surface area contributed by atoms with Crippen molar-refractivity contribution in [3.05, 3.63) is 34.4 Å². The fourth-order valence-electron chi connectivity index (χ4n) is 2.02. The molecule has 0 radical (unpaired) electrons. The van der Waals surface area contributed by atoms with Gasteiger partial charge in [0.25, 0.3) is 5.91 Å². The third-order valence-electron chi connectivity index (χ3n) is 3.16. The van der Waals surface area contributed by atoms with Crippen LogP contribution in [0.2, 0.25) is 0 Å². The van der Waals surface area contributed by atoms with Crippen LogP contribution >= 0.6 is 0 Å². The number of aryl methyl sites for hydroxylation is 1. The highest BCUT2D eigenvalue weighted by Crippen LogP contribution is 2.17. The van der Waals surface area contributed by atoms with E-state index in [9.17, 15) is 19.7 Å². The maximum absolute atomic E-state index is 12.2. The number of carbonyl (C=O) groups is 2. The van der Waals surface area contributed by atoms with Gasteiger partial charge in [-0.2, -0.15) is 10.2 Å². The summed E-state index contributed by atoms with van der Waals surface area (Å²) in [6.07, 6.45) is 3.61. The summed E-state index contributed by atoms with van der Waals surface area (Å²) in [5, 5.41) is 21.0.